The highest BCUT2D eigenvalue weighted by Crippen LogP contribution is 2.40. The van der Waals surface area contributed by atoms with Gasteiger partial charge in [0.2, 0.25) is 0 Å². The number of hydrogen-bond acceptors (Lipinski definition) is 10. The second-order valence-electron chi connectivity index (χ2n) is 11.7. The number of anilines is 2. The second kappa shape index (κ2) is 14.1. The lowest BCUT2D eigenvalue weighted by molar-refractivity contribution is 0.415. The molecule has 10 nitrogen and oxygen atoms in total. The molecule has 0 aromatic heterocycles. The van der Waals surface area contributed by atoms with Gasteiger partial charge in [0.05, 0.1) is 29.9 Å². The maximum Gasteiger partial charge on any atom is 0.150 e. The van der Waals surface area contributed by atoms with Gasteiger partial charge in [-0.15, -0.1) is 10.2 Å². The summed E-state index contributed by atoms with van der Waals surface area (Å²) in [5.41, 5.74) is 8.65. The van der Waals surface area contributed by atoms with Crippen LogP contribution in [0, 0.1) is 27.7 Å². The fourth-order valence-corrected chi connectivity index (χ4v) is 5.16. The number of rotatable bonds is 9. The van der Waals surface area contributed by atoms with Gasteiger partial charge in [-0.25, -0.2) is 0 Å². The number of hydrogen-bond donors (Lipinski definition) is 3. The molecule has 0 unspecified atom stereocenters. The molecule has 0 fully saturated rings. The van der Waals surface area contributed by atoms with E-state index in [1.165, 1.54) is 6.07 Å². The van der Waals surface area contributed by atoms with E-state index in [0.717, 1.165) is 56.1 Å². The van der Waals surface area contributed by atoms with E-state index in [0.29, 0.717) is 16.8 Å². The SMILES string of the molecule is COc1ccc(Nc2ccc3c(O)c(N=Nc4cc(C)c(N=Nc5cc(C)c(N=Nc6ccccc6C)cc5C)cc4O)ccc3c2)cc1. The molecule has 6 aromatic rings. The molecule has 10 heteroatoms. The molecule has 49 heavy (non-hydrogen) atoms. The number of fused-ring (bicyclic) bond motifs is 1. The summed E-state index contributed by atoms with van der Waals surface area (Å²) in [6.45, 7) is 7.74. The van der Waals surface area contributed by atoms with Crippen LogP contribution in [0.2, 0.25) is 0 Å². The molecule has 6 aromatic carbocycles. The van der Waals surface area contributed by atoms with Crippen LogP contribution in [0.5, 0.6) is 17.2 Å². The van der Waals surface area contributed by atoms with E-state index < -0.39 is 0 Å². The topological polar surface area (TPSA) is 136 Å². The Hall–Kier alpha value is -6.42. The summed E-state index contributed by atoms with van der Waals surface area (Å²) in [6, 6.07) is 31.7. The summed E-state index contributed by atoms with van der Waals surface area (Å²) in [5, 5.41) is 52.8. The van der Waals surface area contributed by atoms with Crippen LogP contribution in [0.25, 0.3) is 10.8 Å². The molecule has 6 rings (SSSR count). The molecule has 0 bridgehead atoms. The molecule has 3 N–H and O–H groups in total. The van der Waals surface area contributed by atoms with Crippen molar-refractivity contribution >= 4 is 56.3 Å². The van der Waals surface area contributed by atoms with Crippen molar-refractivity contribution in [3.05, 3.63) is 125 Å². The Balaban J connectivity index is 1.17. The number of phenols is 2. The number of benzene rings is 6. The Morgan fingerprint density at radius 1 is 0.490 bits per heavy atom. The third-order valence-electron chi connectivity index (χ3n) is 8.07. The number of aryl methyl sites for hydroxylation is 4. The van der Waals surface area contributed by atoms with Crippen LogP contribution >= 0.6 is 0 Å². The molecule has 0 saturated heterocycles. The Bertz CT molecular complexity index is 2260. The lowest BCUT2D eigenvalue weighted by Gasteiger charge is -2.10. The van der Waals surface area contributed by atoms with Crippen molar-refractivity contribution in [3.63, 3.8) is 0 Å². The van der Waals surface area contributed by atoms with Gasteiger partial charge in [-0.2, -0.15) is 20.5 Å². The Labute approximate surface area is 284 Å². The van der Waals surface area contributed by atoms with Gasteiger partial charge in [-0.1, -0.05) is 24.3 Å². The summed E-state index contributed by atoms with van der Waals surface area (Å²) in [7, 11) is 1.63. The van der Waals surface area contributed by atoms with Crippen molar-refractivity contribution in [1.29, 1.82) is 0 Å². The van der Waals surface area contributed by atoms with E-state index in [-0.39, 0.29) is 22.9 Å². The average molecular weight is 650 g/mol. The van der Waals surface area contributed by atoms with E-state index in [1.807, 2.05) is 113 Å². The normalized spacial score (nSPS) is 11.7. The van der Waals surface area contributed by atoms with Crippen molar-refractivity contribution in [2.45, 2.75) is 27.7 Å². The lowest BCUT2D eigenvalue weighted by atomic mass is 10.1. The molecule has 0 saturated carbocycles. The van der Waals surface area contributed by atoms with Crippen molar-refractivity contribution in [2.75, 3.05) is 12.4 Å². The van der Waals surface area contributed by atoms with Gasteiger partial charge >= 0.3 is 0 Å². The third kappa shape index (κ3) is 7.44. The van der Waals surface area contributed by atoms with E-state index in [9.17, 15) is 10.2 Å². The fourth-order valence-electron chi connectivity index (χ4n) is 5.16. The van der Waals surface area contributed by atoms with Crippen molar-refractivity contribution in [3.8, 4) is 17.2 Å². The predicted octanol–water partition coefficient (Wildman–Crippen LogP) is 12.5. The minimum atomic E-state index is -0.113. The maximum atomic E-state index is 11.0. The highest BCUT2D eigenvalue weighted by molar-refractivity contribution is 5.94. The predicted molar refractivity (Wildman–Crippen MR) is 194 cm³/mol. The average Bonchev–Trinajstić information content (AvgIpc) is 3.10. The lowest BCUT2D eigenvalue weighted by Crippen LogP contribution is -1.90. The van der Waals surface area contributed by atoms with Crippen molar-refractivity contribution in [1.82, 2.24) is 0 Å². The van der Waals surface area contributed by atoms with Crippen LogP contribution in [0.4, 0.5) is 45.5 Å². The van der Waals surface area contributed by atoms with Crippen molar-refractivity contribution < 1.29 is 14.9 Å². The number of nitrogens with zero attached hydrogens (tertiary/aromatic N) is 6. The highest BCUT2D eigenvalue weighted by Gasteiger charge is 2.11. The monoisotopic (exact) mass is 649 g/mol. The Morgan fingerprint density at radius 3 is 1.69 bits per heavy atom. The van der Waals surface area contributed by atoms with E-state index >= 15 is 0 Å². The van der Waals surface area contributed by atoms with Crippen LogP contribution in [-0.2, 0) is 0 Å². The van der Waals surface area contributed by atoms with E-state index in [2.05, 4.69) is 36.0 Å². The van der Waals surface area contributed by atoms with E-state index in [1.54, 1.807) is 19.2 Å². The summed E-state index contributed by atoms with van der Waals surface area (Å²) in [6.07, 6.45) is 0. The minimum absolute atomic E-state index is 0.00721. The van der Waals surface area contributed by atoms with Crippen LogP contribution in [-0.4, -0.2) is 17.3 Å². The zero-order chi connectivity index (χ0) is 34.5. The van der Waals surface area contributed by atoms with Gasteiger partial charge in [0.1, 0.15) is 22.9 Å². The first-order valence-corrected chi connectivity index (χ1v) is 15.6. The summed E-state index contributed by atoms with van der Waals surface area (Å²) < 4.78 is 5.22. The first kappa shape index (κ1) is 32.5. The molecule has 0 spiro atoms. The van der Waals surface area contributed by atoms with Gasteiger partial charge in [-0.05, 0) is 128 Å². The van der Waals surface area contributed by atoms with E-state index in [4.69, 9.17) is 4.74 Å². The third-order valence-corrected chi connectivity index (χ3v) is 8.07. The molecule has 0 aliphatic heterocycles. The zero-order valence-electron chi connectivity index (χ0n) is 27.8. The second-order valence-corrected chi connectivity index (χ2v) is 11.7. The number of azo groups is 3. The highest BCUT2D eigenvalue weighted by atomic mass is 16.5. The molecule has 0 radical (unpaired) electrons. The Kier molecular flexibility index (Phi) is 9.39. The number of nitrogens with one attached hydrogen (secondary N) is 1. The van der Waals surface area contributed by atoms with Gasteiger partial charge in [-0.3, -0.25) is 0 Å². The fraction of sp³-hybridized carbons (Fsp3) is 0.128. The maximum absolute atomic E-state index is 11.0. The Morgan fingerprint density at radius 2 is 1.04 bits per heavy atom. The smallest absolute Gasteiger partial charge is 0.150 e. The molecule has 0 amide bonds. The van der Waals surface area contributed by atoms with Gasteiger partial charge in [0, 0.05) is 22.8 Å². The van der Waals surface area contributed by atoms with Gasteiger partial charge < -0.3 is 20.3 Å². The molecule has 244 valence electrons. The number of aromatic hydroxyl groups is 2. The quantitative estimate of drug-likeness (QED) is 0.134. The summed E-state index contributed by atoms with van der Waals surface area (Å²) >= 11 is 0. The van der Waals surface area contributed by atoms with Gasteiger partial charge in [0.25, 0.3) is 0 Å². The molecular formula is C39H35N7O3. The zero-order valence-corrected chi connectivity index (χ0v) is 27.8. The van der Waals surface area contributed by atoms with Gasteiger partial charge in [0.15, 0.2) is 5.75 Å². The molecule has 0 aliphatic rings. The van der Waals surface area contributed by atoms with Crippen LogP contribution < -0.4 is 10.1 Å². The van der Waals surface area contributed by atoms with Crippen LogP contribution in [0.15, 0.2) is 134 Å². The van der Waals surface area contributed by atoms with Crippen LogP contribution in [0.3, 0.4) is 0 Å². The first-order chi connectivity index (χ1) is 23.7. The molecule has 0 atom stereocenters. The van der Waals surface area contributed by atoms with Crippen LogP contribution in [0.1, 0.15) is 22.3 Å². The largest absolute Gasteiger partial charge is 0.506 e. The molecular weight excluding hydrogens is 614 g/mol. The number of methoxy groups -OCH3 is 1. The first-order valence-electron chi connectivity index (χ1n) is 15.6. The number of ether oxygens (including phenoxy) is 1. The summed E-state index contributed by atoms with van der Waals surface area (Å²) in [5.74, 6) is 0.660. The summed E-state index contributed by atoms with van der Waals surface area (Å²) in [4.78, 5) is 0. The minimum Gasteiger partial charge on any atom is -0.506 e. The molecule has 0 aliphatic carbocycles. The van der Waals surface area contributed by atoms with Crippen molar-refractivity contribution in [2.24, 2.45) is 30.7 Å². The number of phenolic OH excluding ortho intramolecular Hbond substituents is 2. The standard InChI is InChI=1S/C39H35N7O3/c1-23-8-6-7-9-32(23)41-43-34-18-25(3)35(19-24(34)2)44-45-36-22-38(47)37(20-26(36)4)46-42-33-17-10-27-21-29(13-16-31(27)39(33)48)40-28-11-14-30(49-5)15-12-28/h6-22,40,47-48H,1-5H3. The molecule has 0 heterocycles.